The van der Waals surface area contributed by atoms with Gasteiger partial charge in [-0.3, -0.25) is 9.36 Å². The molecule has 8 heteroatoms. The van der Waals surface area contributed by atoms with Crippen LogP contribution in [-0.2, 0) is 4.79 Å². The Bertz CT molecular complexity index is 996. The molecule has 1 amide bonds. The third-order valence-corrected chi connectivity index (χ3v) is 4.82. The van der Waals surface area contributed by atoms with Crippen molar-refractivity contribution in [2.75, 3.05) is 12.4 Å². The number of carbonyl (C=O) groups is 1. The minimum Gasteiger partial charge on any atom is -0.497 e. The quantitative estimate of drug-likeness (QED) is 0.661. The fourth-order valence-electron chi connectivity index (χ4n) is 2.36. The second-order valence-corrected chi connectivity index (χ2v) is 6.93. The van der Waals surface area contributed by atoms with Crippen LogP contribution >= 0.6 is 11.8 Å². The lowest BCUT2D eigenvalue weighted by atomic mass is 10.2. The predicted octanol–water partition coefficient (Wildman–Crippen LogP) is 3.27. The van der Waals surface area contributed by atoms with E-state index < -0.39 is 5.25 Å². The van der Waals surface area contributed by atoms with Crippen LogP contribution in [0.3, 0.4) is 0 Å². The van der Waals surface area contributed by atoms with Gasteiger partial charge in [-0.1, -0.05) is 23.9 Å². The maximum absolute atomic E-state index is 12.5. The first-order valence-corrected chi connectivity index (χ1v) is 9.01. The highest BCUT2D eigenvalue weighted by molar-refractivity contribution is 8.00. The second kappa shape index (κ2) is 8.38. The first-order chi connectivity index (χ1) is 13.1. The van der Waals surface area contributed by atoms with Gasteiger partial charge in [-0.2, -0.15) is 5.26 Å². The third kappa shape index (κ3) is 4.46. The van der Waals surface area contributed by atoms with Crippen LogP contribution in [0.25, 0.3) is 5.69 Å². The van der Waals surface area contributed by atoms with E-state index in [0.29, 0.717) is 16.4 Å². The van der Waals surface area contributed by atoms with Gasteiger partial charge in [-0.15, -0.1) is 10.2 Å². The molecule has 1 aromatic heterocycles. The molecule has 0 aliphatic carbocycles. The molecular weight excluding hydrogens is 362 g/mol. The van der Waals surface area contributed by atoms with Gasteiger partial charge in [-0.05, 0) is 37.3 Å². The lowest BCUT2D eigenvalue weighted by molar-refractivity contribution is -0.115. The van der Waals surface area contributed by atoms with E-state index in [1.54, 1.807) is 49.2 Å². The summed E-state index contributed by atoms with van der Waals surface area (Å²) in [6, 6.07) is 16.3. The average molecular weight is 379 g/mol. The Labute approximate surface area is 161 Å². The number of amides is 1. The first kappa shape index (κ1) is 18.5. The van der Waals surface area contributed by atoms with E-state index in [9.17, 15) is 4.79 Å². The first-order valence-electron chi connectivity index (χ1n) is 8.13. The predicted molar refractivity (Wildman–Crippen MR) is 103 cm³/mol. The normalized spacial score (nSPS) is 11.4. The Hall–Kier alpha value is -3.31. The largest absolute Gasteiger partial charge is 0.497 e. The molecule has 0 spiro atoms. The Balaban J connectivity index is 1.73. The molecule has 27 heavy (non-hydrogen) atoms. The van der Waals surface area contributed by atoms with Crippen LogP contribution < -0.4 is 10.1 Å². The van der Waals surface area contributed by atoms with Gasteiger partial charge in [-0.25, -0.2) is 0 Å². The molecule has 0 saturated heterocycles. The van der Waals surface area contributed by atoms with Crippen molar-refractivity contribution >= 4 is 23.4 Å². The van der Waals surface area contributed by atoms with Crippen LogP contribution in [-0.4, -0.2) is 33.0 Å². The molecule has 7 nitrogen and oxygen atoms in total. The van der Waals surface area contributed by atoms with E-state index in [0.717, 1.165) is 11.4 Å². The molecule has 0 saturated carbocycles. The number of hydrogen-bond donors (Lipinski definition) is 1. The van der Waals surface area contributed by atoms with Crippen LogP contribution in [0.1, 0.15) is 12.5 Å². The number of aromatic nitrogens is 3. The summed E-state index contributed by atoms with van der Waals surface area (Å²) < 4.78 is 7.05. The van der Waals surface area contributed by atoms with E-state index in [-0.39, 0.29) is 5.91 Å². The minimum absolute atomic E-state index is 0.185. The highest BCUT2D eigenvalue weighted by atomic mass is 32.2. The van der Waals surface area contributed by atoms with Crippen LogP contribution in [0.5, 0.6) is 5.75 Å². The molecule has 0 bridgehead atoms. The van der Waals surface area contributed by atoms with E-state index in [4.69, 9.17) is 10.00 Å². The molecular formula is C19H17N5O2S. The number of benzene rings is 2. The van der Waals surface area contributed by atoms with Crippen molar-refractivity contribution in [3.63, 3.8) is 0 Å². The average Bonchev–Trinajstić information content (AvgIpc) is 3.16. The molecule has 1 heterocycles. The fraction of sp³-hybridized carbons (Fsp3) is 0.158. The number of hydrogen-bond acceptors (Lipinski definition) is 6. The third-order valence-electron chi connectivity index (χ3n) is 3.76. The smallest absolute Gasteiger partial charge is 0.237 e. The van der Waals surface area contributed by atoms with Crippen molar-refractivity contribution in [2.24, 2.45) is 0 Å². The number of anilines is 1. The Morgan fingerprint density at radius 1 is 1.30 bits per heavy atom. The van der Waals surface area contributed by atoms with Gasteiger partial charge < -0.3 is 10.1 Å². The van der Waals surface area contributed by atoms with Gasteiger partial charge in [0.05, 0.1) is 29.7 Å². The summed E-state index contributed by atoms with van der Waals surface area (Å²) in [6.45, 7) is 1.79. The van der Waals surface area contributed by atoms with Crippen LogP contribution in [0, 0.1) is 11.3 Å². The monoisotopic (exact) mass is 379 g/mol. The van der Waals surface area contributed by atoms with Crippen LogP contribution in [0.15, 0.2) is 60.0 Å². The molecule has 0 aliphatic rings. The summed E-state index contributed by atoms with van der Waals surface area (Å²) >= 11 is 1.29. The molecule has 0 radical (unpaired) electrons. The van der Waals surface area contributed by atoms with Gasteiger partial charge in [0.15, 0.2) is 5.16 Å². The molecule has 0 fully saturated rings. The van der Waals surface area contributed by atoms with Gasteiger partial charge in [0, 0.05) is 11.8 Å². The van der Waals surface area contributed by atoms with E-state index in [1.165, 1.54) is 11.8 Å². The Kier molecular flexibility index (Phi) is 5.74. The maximum Gasteiger partial charge on any atom is 0.237 e. The summed E-state index contributed by atoms with van der Waals surface area (Å²) in [5.41, 5.74) is 1.92. The zero-order valence-electron chi connectivity index (χ0n) is 14.8. The van der Waals surface area contributed by atoms with E-state index in [2.05, 4.69) is 21.6 Å². The number of methoxy groups -OCH3 is 1. The maximum atomic E-state index is 12.5. The van der Waals surface area contributed by atoms with Crippen molar-refractivity contribution in [1.29, 1.82) is 5.26 Å². The van der Waals surface area contributed by atoms with E-state index >= 15 is 0 Å². The van der Waals surface area contributed by atoms with Gasteiger partial charge in [0.25, 0.3) is 0 Å². The zero-order chi connectivity index (χ0) is 19.2. The van der Waals surface area contributed by atoms with Crippen molar-refractivity contribution < 1.29 is 9.53 Å². The number of carbonyl (C=O) groups excluding carboxylic acids is 1. The van der Waals surface area contributed by atoms with Gasteiger partial charge >= 0.3 is 0 Å². The fourth-order valence-corrected chi connectivity index (χ4v) is 3.21. The Morgan fingerprint density at radius 2 is 2.11 bits per heavy atom. The minimum atomic E-state index is -0.413. The second-order valence-electron chi connectivity index (χ2n) is 5.63. The molecule has 1 N–H and O–H groups in total. The van der Waals surface area contributed by atoms with Gasteiger partial charge in [0.1, 0.15) is 12.1 Å². The molecule has 0 aliphatic heterocycles. The molecule has 2 aromatic carbocycles. The lowest BCUT2D eigenvalue weighted by Crippen LogP contribution is -2.22. The topological polar surface area (TPSA) is 92.8 Å². The Morgan fingerprint density at radius 3 is 2.89 bits per heavy atom. The summed E-state index contributed by atoms with van der Waals surface area (Å²) in [7, 11) is 1.61. The standard InChI is InChI=1S/C19H17N5O2S/c1-13(18(25)22-15-6-3-5-14(9-15)11-20)27-19-23-21-12-24(19)16-7-4-8-17(10-16)26-2/h3-10,12-13H,1-2H3,(H,22,25)/t13-/m0/s1. The van der Waals surface area contributed by atoms with Crippen molar-refractivity contribution in [1.82, 2.24) is 14.8 Å². The number of rotatable bonds is 6. The zero-order valence-corrected chi connectivity index (χ0v) is 15.6. The van der Waals surface area contributed by atoms with Crippen molar-refractivity contribution in [2.45, 2.75) is 17.3 Å². The highest BCUT2D eigenvalue weighted by Crippen LogP contribution is 2.26. The summed E-state index contributed by atoms with van der Waals surface area (Å²) in [5.74, 6) is 0.538. The number of ether oxygens (including phenoxy) is 1. The number of thioether (sulfide) groups is 1. The highest BCUT2D eigenvalue weighted by Gasteiger charge is 2.19. The van der Waals surface area contributed by atoms with Crippen LogP contribution in [0.2, 0.25) is 0 Å². The van der Waals surface area contributed by atoms with Gasteiger partial charge in [0.2, 0.25) is 5.91 Å². The summed E-state index contributed by atoms with van der Waals surface area (Å²) in [6.07, 6.45) is 1.60. The molecule has 3 rings (SSSR count). The summed E-state index contributed by atoms with van der Waals surface area (Å²) in [5, 5.41) is 20.0. The lowest BCUT2D eigenvalue weighted by Gasteiger charge is -2.13. The SMILES string of the molecule is COc1cccc(-n2cnnc2S[C@@H](C)C(=O)Nc2cccc(C#N)c2)c1. The number of nitrogens with one attached hydrogen (secondary N) is 1. The molecule has 0 unspecified atom stereocenters. The molecule has 1 atom stereocenters. The summed E-state index contributed by atoms with van der Waals surface area (Å²) in [4.78, 5) is 12.5. The number of nitrogens with zero attached hydrogens (tertiary/aromatic N) is 4. The number of nitriles is 1. The van der Waals surface area contributed by atoms with E-state index in [1.807, 2.05) is 24.3 Å². The molecule has 136 valence electrons. The molecule has 3 aromatic rings. The van der Waals surface area contributed by atoms with Crippen LogP contribution in [0.4, 0.5) is 5.69 Å². The van der Waals surface area contributed by atoms with Crippen molar-refractivity contribution in [3.05, 3.63) is 60.4 Å². The van der Waals surface area contributed by atoms with Crippen molar-refractivity contribution in [3.8, 4) is 17.5 Å².